The summed E-state index contributed by atoms with van der Waals surface area (Å²) in [5.41, 5.74) is -0.540. The van der Waals surface area contributed by atoms with Gasteiger partial charge in [0.2, 0.25) is 11.8 Å². The molecule has 1 N–H and O–H groups in total. The Morgan fingerprint density at radius 3 is 2.02 bits per heavy atom. The fourth-order valence-corrected chi connectivity index (χ4v) is 6.77. The molecule has 7 nitrogen and oxygen atoms in total. The van der Waals surface area contributed by atoms with Gasteiger partial charge in [-0.05, 0) is 61.4 Å². The molecule has 13 heteroatoms. The van der Waals surface area contributed by atoms with Crippen molar-refractivity contribution in [1.82, 2.24) is 10.2 Å². The van der Waals surface area contributed by atoms with Gasteiger partial charge in [0.05, 0.1) is 21.2 Å². The molecule has 0 fully saturated rings. The molecule has 2 amide bonds. The second-order valence-electron chi connectivity index (χ2n) is 11.0. The first-order valence-corrected chi connectivity index (χ1v) is 16.7. The van der Waals surface area contributed by atoms with Gasteiger partial charge in [0.25, 0.3) is 10.0 Å². The predicted octanol–water partition coefficient (Wildman–Crippen LogP) is 7.37. The van der Waals surface area contributed by atoms with Crippen LogP contribution in [-0.2, 0) is 38.8 Å². The summed E-state index contributed by atoms with van der Waals surface area (Å²) >= 11 is 12.8. The van der Waals surface area contributed by atoms with Gasteiger partial charge in [0.1, 0.15) is 12.6 Å². The van der Waals surface area contributed by atoms with Crippen LogP contribution in [0.5, 0.6) is 0 Å². The van der Waals surface area contributed by atoms with Gasteiger partial charge in [-0.15, -0.1) is 0 Å². The Morgan fingerprint density at radius 1 is 0.830 bits per heavy atom. The lowest BCUT2D eigenvalue weighted by Gasteiger charge is -2.34. The number of hydrogen-bond donors (Lipinski definition) is 1. The van der Waals surface area contributed by atoms with Crippen molar-refractivity contribution in [2.45, 2.75) is 50.0 Å². The van der Waals surface area contributed by atoms with E-state index in [4.69, 9.17) is 23.2 Å². The van der Waals surface area contributed by atoms with Crippen molar-refractivity contribution in [2.75, 3.05) is 10.8 Å². The highest BCUT2D eigenvalue weighted by Crippen LogP contribution is 2.37. The molecular formula is C34H32Cl2F3N3O4S. The monoisotopic (exact) mass is 705 g/mol. The number of nitrogens with zero attached hydrogens (tertiary/aromatic N) is 2. The van der Waals surface area contributed by atoms with E-state index in [-0.39, 0.29) is 28.9 Å². The van der Waals surface area contributed by atoms with E-state index in [0.717, 1.165) is 12.1 Å². The maximum atomic E-state index is 14.5. The number of carbonyl (C=O) groups excluding carboxylic acids is 2. The maximum Gasteiger partial charge on any atom is 0.416 e. The molecule has 4 aromatic carbocycles. The van der Waals surface area contributed by atoms with Gasteiger partial charge in [-0.1, -0.05) is 89.9 Å². The highest BCUT2D eigenvalue weighted by atomic mass is 35.5. The van der Waals surface area contributed by atoms with E-state index in [1.54, 1.807) is 74.5 Å². The van der Waals surface area contributed by atoms with Crippen LogP contribution in [0.4, 0.5) is 18.9 Å². The third kappa shape index (κ3) is 9.06. The minimum atomic E-state index is -4.84. The summed E-state index contributed by atoms with van der Waals surface area (Å²) in [5, 5.41) is 2.79. The lowest BCUT2D eigenvalue weighted by atomic mass is 10.0. The van der Waals surface area contributed by atoms with Gasteiger partial charge < -0.3 is 10.2 Å². The van der Waals surface area contributed by atoms with E-state index >= 15 is 0 Å². The number of amides is 2. The van der Waals surface area contributed by atoms with Crippen LogP contribution in [0, 0.1) is 0 Å². The Kier molecular flexibility index (Phi) is 11.6. The second-order valence-corrected chi connectivity index (χ2v) is 13.6. The van der Waals surface area contributed by atoms with Crippen LogP contribution >= 0.6 is 23.2 Å². The summed E-state index contributed by atoms with van der Waals surface area (Å²) in [6, 6.07) is 23.3. The van der Waals surface area contributed by atoms with E-state index in [1.165, 1.54) is 29.2 Å². The van der Waals surface area contributed by atoms with Crippen LogP contribution in [0.1, 0.15) is 30.5 Å². The fourth-order valence-electron chi connectivity index (χ4n) is 4.86. The molecule has 248 valence electrons. The van der Waals surface area contributed by atoms with Crippen molar-refractivity contribution >= 4 is 50.7 Å². The average Bonchev–Trinajstić information content (AvgIpc) is 3.02. The molecule has 0 saturated heterocycles. The highest BCUT2D eigenvalue weighted by Gasteiger charge is 2.37. The third-order valence-electron chi connectivity index (χ3n) is 7.15. The van der Waals surface area contributed by atoms with Crippen LogP contribution in [0.15, 0.2) is 108 Å². The second kappa shape index (κ2) is 15.2. The molecule has 0 aliphatic rings. The molecule has 0 bridgehead atoms. The lowest BCUT2D eigenvalue weighted by Crippen LogP contribution is -2.54. The highest BCUT2D eigenvalue weighted by molar-refractivity contribution is 7.92. The first-order chi connectivity index (χ1) is 22.2. The third-order valence-corrected chi connectivity index (χ3v) is 9.62. The maximum absolute atomic E-state index is 14.5. The predicted molar refractivity (Wildman–Crippen MR) is 177 cm³/mol. The van der Waals surface area contributed by atoms with Crippen LogP contribution < -0.4 is 9.62 Å². The number of hydrogen-bond acceptors (Lipinski definition) is 4. The number of rotatable bonds is 12. The Bertz CT molecular complexity index is 1810. The quantitative estimate of drug-likeness (QED) is 0.167. The number of alkyl halides is 3. The van der Waals surface area contributed by atoms with Gasteiger partial charge in [0, 0.05) is 24.0 Å². The van der Waals surface area contributed by atoms with Crippen molar-refractivity contribution in [3.63, 3.8) is 0 Å². The molecule has 0 aliphatic heterocycles. The fraction of sp³-hybridized carbons (Fsp3) is 0.235. The summed E-state index contributed by atoms with van der Waals surface area (Å²) in [7, 11) is -4.66. The molecule has 0 radical (unpaired) electrons. The minimum Gasteiger partial charge on any atom is -0.352 e. The van der Waals surface area contributed by atoms with Crippen LogP contribution in [0.3, 0.4) is 0 Å². The molecule has 0 spiro atoms. The standard InChI is InChI=1S/C34H32Cl2F3N3O4S/c1-23(2)40-33(44)31(19-24-11-5-3-6-12-24)41(21-25-13-9-10-16-28(25)35)32(43)22-42(47(45,46)27-14-7-4-8-15-27)30-20-26(34(37,38)39)17-18-29(30)36/h3-18,20,23,31H,19,21-22H2,1-2H3,(H,40,44)/t31-/m0/s1. The number of carbonyl (C=O) groups is 2. The SMILES string of the molecule is CC(C)NC(=O)[C@H](Cc1ccccc1)N(Cc1ccccc1Cl)C(=O)CN(c1cc(C(F)(F)F)ccc1Cl)S(=O)(=O)c1ccccc1. The number of benzene rings is 4. The molecule has 0 saturated carbocycles. The zero-order chi connectivity index (χ0) is 34.4. The number of anilines is 1. The first-order valence-electron chi connectivity index (χ1n) is 14.5. The van der Waals surface area contributed by atoms with Gasteiger partial charge in [0.15, 0.2) is 0 Å². The zero-order valence-electron chi connectivity index (χ0n) is 25.4. The number of nitrogens with one attached hydrogen (secondary N) is 1. The van der Waals surface area contributed by atoms with E-state index in [1.807, 2.05) is 0 Å². The van der Waals surface area contributed by atoms with E-state index in [2.05, 4.69) is 5.32 Å². The minimum absolute atomic E-state index is 0.0470. The molecule has 1 atom stereocenters. The Labute approximate surface area is 282 Å². The van der Waals surface area contributed by atoms with Crippen molar-refractivity contribution in [3.8, 4) is 0 Å². The molecule has 0 aromatic heterocycles. The summed E-state index contributed by atoms with van der Waals surface area (Å²) < 4.78 is 70.1. The van der Waals surface area contributed by atoms with Crippen LogP contribution in [0.25, 0.3) is 0 Å². The summed E-state index contributed by atoms with van der Waals surface area (Å²) in [6.07, 6.45) is -4.79. The lowest BCUT2D eigenvalue weighted by molar-refractivity contribution is -0.140. The van der Waals surface area contributed by atoms with Crippen molar-refractivity contribution in [3.05, 3.63) is 130 Å². The van der Waals surface area contributed by atoms with E-state index < -0.39 is 51.9 Å². The Balaban J connectivity index is 1.88. The molecule has 0 unspecified atom stereocenters. The Hall–Kier alpha value is -4.06. The number of halogens is 5. The van der Waals surface area contributed by atoms with Crippen molar-refractivity contribution in [1.29, 1.82) is 0 Å². The largest absolute Gasteiger partial charge is 0.416 e. The molecule has 4 aromatic rings. The van der Waals surface area contributed by atoms with E-state index in [9.17, 15) is 31.2 Å². The molecule has 0 heterocycles. The summed E-state index contributed by atoms with van der Waals surface area (Å²) in [4.78, 5) is 29.1. The molecule has 47 heavy (non-hydrogen) atoms. The van der Waals surface area contributed by atoms with Crippen molar-refractivity contribution in [2.24, 2.45) is 0 Å². The molecule has 0 aliphatic carbocycles. The van der Waals surface area contributed by atoms with Gasteiger partial charge in [-0.2, -0.15) is 13.2 Å². The average molecular weight is 707 g/mol. The van der Waals surface area contributed by atoms with Gasteiger partial charge >= 0.3 is 6.18 Å². The topological polar surface area (TPSA) is 86.8 Å². The first kappa shape index (κ1) is 35.8. The van der Waals surface area contributed by atoms with Gasteiger partial charge in [-0.3, -0.25) is 13.9 Å². The Morgan fingerprint density at radius 2 is 1.43 bits per heavy atom. The van der Waals surface area contributed by atoms with Crippen LogP contribution in [0.2, 0.25) is 10.0 Å². The summed E-state index contributed by atoms with van der Waals surface area (Å²) in [6.45, 7) is 2.31. The number of sulfonamides is 1. The van der Waals surface area contributed by atoms with Crippen molar-refractivity contribution < 1.29 is 31.2 Å². The smallest absolute Gasteiger partial charge is 0.352 e. The normalized spacial score (nSPS) is 12.4. The zero-order valence-corrected chi connectivity index (χ0v) is 27.7. The summed E-state index contributed by atoms with van der Waals surface area (Å²) in [5.74, 6) is -1.39. The molecular weight excluding hydrogens is 674 g/mol. The van der Waals surface area contributed by atoms with Crippen LogP contribution in [-0.4, -0.2) is 43.8 Å². The van der Waals surface area contributed by atoms with Gasteiger partial charge in [-0.25, -0.2) is 8.42 Å². The van der Waals surface area contributed by atoms with E-state index in [0.29, 0.717) is 26.5 Å². The molecule has 4 rings (SSSR count).